The lowest BCUT2D eigenvalue weighted by atomic mass is 10.2. The summed E-state index contributed by atoms with van der Waals surface area (Å²) in [6.45, 7) is 2.40. The molecule has 0 aliphatic rings. The summed E-state index contributed by atoms with van der Waals surface area (Å²) in [6, 6.07) is 7.77. The van der Waals surface area contributed by atoms with Gasteiger partial charge in [-0.2, -0.15) is 0 Å². The molecule has 0 bridgehead atoms. The lowest BCUT2D eigenvalue weighted by Gasteiger charge is -2.07. The van der Waals surface area contributed by atoms with Gasteiger partial charge in [0, 0.05) is 6.54 Å². The molecule has 1 N–H and O–H groups in total. The Hall–Kier alpha value is -1.82. The number of hydrogen-bond donors (Lipinski definition) is 1. The SMILES string of the molecule is CCOc1ccc(CNC(=O)c2ccc(Br)o2)cc1F. The van der Waals surface area contributed by atoms with E-state index in [4.69, 9.17) is 9.15 Å². The Morgan fingerprint density at radius 2 is 2.20 bits per heavy atom. The molecule has 1 heterocycles. The highest BCUT2D eigenvalue weighted by Gasteiger charge is 2.10. The van der Waals surface area contributed by atoms with Crippen LogP contribution >= 0.6 is 15.9 Å². The molecule has 2 rings (SSSR count). The molecule has 0 radical (unpaired) electrons. The second kappa shape index (κ2) is 6.56. The van der Waals surface area contributed by atoms with E-state index in [1.54, 1.807) is 31.2 Å². The number of ether oxygens (including phenoxy) is 1. The van der Waals surface area contributed by atoms with Gasteiger partial charge in [0.15, 0.2) is 22.0 Å². The van der Waals surface area contributed by atoms with Crippen LogP contribution in [0.25, 0.3) is 0 Å². The molecule has 1 aromatic carbocycles. The molecule has 6 heteroatoms. The van der Waals surface area contributed by atoms with Gasteiger partial charge in [-0.05, 0) is 52.7 Å². The van der Waals surface area contributed by atoms with Gasteiger partial charge in [0.1, 0.15) is 0 Å². The van der Waals surface area contributed by atoms with E-state index in [0.717, 1.165) is 0 Å². The summed E-state index contributed by atoms with van der Waals surface area (Å²) < 4.78 is 24.3. The lowest BCUT2D eigenvalue weighted by Crippen LogP contribution is -2.22. The highest BCUT2D eigenvalue weighted by atomic mass is 79.9. The first-order chi connectivity index (χ1) is 9.60. The third-order valence-electron chi connectivity index (χ3n) is 2.55. The highest BCUT2D eigenvalue weighted by Crippen LogP contribution is 2.18. The molecule has 2 aromatic rings. The Kier molecular flexibility index (Phi) is 4.79. The molecular weight excluding hydrogens is 329 g/mol. The maximum atomic E-state index is 13.6. The van der Waals surface area contributed by atoms with Crippen molar-refractivity contribution in [2.45, 2.75) is 13.5 Å². The average molecular weight is 342 g/mol. The fourth-order valence-electron chi connectivity index (χ4n) is 1.63. The monoisotopic (exact) mass is 341 g/mol. The van der Waals surface area contributed by atoms with Gasteiger partial charge in [0.25, 0.3) is 5.91 Å². The van der Waals surface area contributed by atoms with Crippen molar-refractivity contribution in [2.75, 3.05) is 6.61 Å². The van der Waals surface area contributed by atoms with Crippen molar-refractivity contribution in [3.8, 4) is 5.75 Å². The smallest absolute Gasteiger partial charge is 0.287 e. The van der Waals surface area contributed by atoms with E-state index in [2.05, 4.69) is 21.2 Å². The average Bonchev–Trinajstić information content (AvgIpc) is 2.86. The van der Waals surface area contributed by atoms with E-state index < -0.39 is 5.82 Å². The van der Waals surface area contributed by atoms with Gasteiger partial charge < -0.3 is 14.5 Å². The minimum atomic E-state index is -0.445. The predicted octanol–water partition coefficient (Wildman–Crippen LogP) is 3.51. The largest absolute Gasteiger partial charge is 0.491 e. The van der Waals surface area contributed by atoms with Crippen molar-refractivity contribution >= 4 is 21.8 Å². The third kappa shape index (κ3) is 3.60. The summed E-state index contributed by atoms with van der Waals surface area (Å²) in [7, 11) is 0. The molecule has 0 unspecified atom stereocenters. The van der Waals surface area contributed by atoms with Gasteiger partial charge in [-0.1, -0.05) is 6.07 Å². The molecule has 0 saturated carbocycles. The normalized spacial score (nSPS) is 10.3. The van der Waals surface area contributed by atoms with E-state index in [1.807, 2.05) is 0 Å². The summed E-state index contributed by atoms with van der Waals surface area (Å²) in [6.07, 6.45) is 0. The Balaban J connectivity index is 1.97. The van der Waals surface area contributed by atoms with Crippen molar-refractivity contribution in [2.24, 2.45) is 0 Å². The van der Waals surface area contributed by atoms with Crippen LogP contribution in [0.15, 0.2) is 39.4 Å². The number of furan rings is 1. The Bertz CT molecular complexity index is 612. The van der Waals surface area contributed by atoms with E-state index >= 15 is 0 Å². The number of amides is 1. The van der Waals surface area contributed by atoms with E-state index in [0.29, 0.717) is 16.8 Å². The molecule has 1 amide bonds. The quantitative estimate of drug-likeness (QED) is 0.905. The van der Waals surface area contributed by atoms with Crippen LogP contribution in [-0.2, 0) is 6.54 Å². The van der Waals surface area contributed by atoms with Gasteiger partial charge in [0.2, 0.25) is 0 Å². The van der Waals surface area contributed by atoms with Crippen molar-refractivity contribution in [1.29, 1.82) is 0 Å². The molecule has 1 aromatic heterocycles. The molecule has 0 spiro atoms. The topological polar surface area (TPSA) is 51.5 Å². The zero-order valence-corrected chi connectivity index (χ0v) is 12.4. The zero-order valence-electron chi connectivity index (χ0n) is 10.8. The number of nitrogens with one attached hydrogen (secondary N) is 1. The summed E-state index contributed by atoms with van der Waals surface area (Å²) in [4.78, 5) is 11.7. The van der Waals surface area contributed by atoms with E-state index in [1.165, 1.54) is 6.07 Å². The second-order valence-corrected chi connectivity index (χ2v) is 4.77. The molecule has 106 valence electrons. The molecule has 4 nitrogen and oxygen atoms in total. The van der Waals surface area contributed by atoms with Gasteiger partial charge in [-0.25, -0.2) is 4.39 Å². The minimum absolute atomic E-state index is 0.197. The molecule has 0 atom stereocenters. The van der Waals surface area contributed by atoms with Crippen LogP contribution in [0.3, 0.4) is 0 Å². The van der Waals surface area contributed by atoms with Gasteiger partial charge in [-0.15, -0.1) is 0 Å². The van der Waals surface area contributed by atoms with Crippen LogP contribution in [0, 0.1) is 5.82 Å². The first-order valence-corrected chi connectivity index (χ1v) is 6.84. The van der Waals surface area contributed by atoms with E-state index in [-0.39, 0.29) is 24.0 Å². The predicted molar refractivity (Wildman–Crippen MR) is 75.1 cm³/mol. The molecule has 0 fully saturated rings. The van der Waals surface area contributed by atoms with Crippen molar-refractivity contribution in [1.82, 2.24) is 5.32 Å². The van der Waals surface area contributed by atoms with Crippen LogP contribution in [0.4, 0.5) is 4.39 Å². The molecule has 0 saturated heterocycles. The number of carbonyl (C=O) groups is 1. The zero-order chi connectivity index (χ0) is 14.5. The molecule has 20 heavy (non-hydrogen) atoms. The third-order valence-corrected chi connectivity index (χ3v) is 2.97. The van der Waals surface area contributed by atoms with E-state index in [9.17, 15) is 9.18 Å². The van der Waals surface area contributed by atoms with Gasteiger partial charge in [-0.3, -0.25) is 4.79 Å². The summed E-state index contributed by atoms with van der Waals surface area (Å²) in [5.41, 5.74) is 0.643. The molecule has 0 aliphatic heterocycles. The highest BCUT2D eigenvalue weighted by molar-refractivity contribution is 9.10. The standard InChI is InChI=1S/C14H13BrFNO3/c1-2-19-11-4-3-9(7-10(11)16)8-17-14(18)12-5-6-13(15)20-12/h3-7H,2,8H2,1H3,(H,17,18). The van der Waals surface area contributed by atoms with Crippen LogP contribution in [-0.4, -0.2) is 12.5 Å². The second-order valence-electron chi connectivity index (χ2n) is 3.98. The number of hydrogen-bond acceptors (Lipinski definition) is 3. The Morgan fingerprint density at radius 3 is 2.80 bits per heavy atom. The number of rotatable bonds is 5. The Morgan fingerprint density at radius 1 is 1.40 bits per heavy atom. The molecular formula is C14H13BrFNO3. The summed E-state index contributed by atoms with van der Waals surface area (Å²) in [5, 5.41) is 2.65. The van der Waals surface area contributed by atoms with Crippen LogP contribution < -0.4 is 10.1 Å². The number of halogens is 2. The first-order valence-electron chi connectivity index (χ1n) is 6.05. The lowest BCUT2D eigenvalue weighted by molar-refractivity contribution is 0.0922. The van der Waals surface area contributed by atoms with Crippen LogP contribution in [0.1, 0.15) is 23.0 Å². The Labute approximate surface area is 124 Å². The number of carbonyl (C=O) groups excluding carboxylic acids is 1. The van der Waals surface area contributed by atoms with Crippen molar-refractivity contribution in [3.63, 3.8) is 0 Å². The minimum Gasteiger partial charge on any atom is -0.491 e. The van der Waals surface area contributed by atoms with Crippen molar-refractivity contribution in [3.05, 3.63) is 52.1 Å². The maximum absolute atomic E-state index is 13.6. The fraction of sp³-hybridized carbons (Fsp3) is 0.214. The van der Waals surface area contributed by atoms with Gasteiger partial charge in [0.05, 0.1) is 6.61 Å². The summed E-state index contributed by atoms with van der Waals surface area (Å²) >= 11 is 3.12. The molecule has 0 aliphatic carbocycles. The first kappa shape index (κ1) is 14.6. The van der Waals surface area contributed by atoms with Crippen LogP contribution in [0.2, 0.25) is 0 Å². The van der Waals surface area contributed by atoms with Crippen molar-refractivity contribution < 1.29 is 18.3 Å². The van der Waals surface area contributed by atoms with Gasteiger partial charge >= 0.3 is 0 Å². The number of benzene rings is 1. The van der Waals surface area contributed by atoms with Crippen LogP contribution in [0.5, 0.6) is 5.75 Å². The summed E-state index contributed by atoms with van der Waals surface area (Å²) in [5.74, 6) is -0.398. The maximum Gasteiger partial charge on any atom is 0.287 e. The fourth-order valence-corrected chi connectivity index (χ4v) is 1.94.